The third-order valence-electron chi connectivity index (χ3n) is 7.66. The summed E-state index contributed by atoms with van der Waals surface area (Å²) in [6.07, 6.45) is 13.4. The molecule has 0 spiro atoms. The maximum Gasteiger partial charge on any atom is 0.232 e. The van der Waals surface area contributed by atoms with Crippen LogP contribution in [0.5, 0.6) is 5.75 Å². The van der Waals surface area contributed by atoms with Crippen LogP contribution in [0.3, 0.4) is 0 Å². The molecule has 3 fully saturated rings. The summed E-state index contributed by atoms with van der Waals surface area (Å²) in [5.74, 6) is 2.01. The van der Waals surface area contributed by atoms with Gasteiger partial charge in [0, 0.05) is 19.6 Å². The van der Waals surface area contributed by atoms with Crippen LogP contribution in [-0.4, -0.2) is 79.7 Å². The Morgan fingerprint density at radius 1 is 1.16 bits per heavy atom. The number of nitrogens with zero attached hydrogens (tertiary/aromatic N) is 4. The molecule has 1 aromatic carbocycles. The first-order chi connectivity index (χ1) is 21.1. The van der Waals surface area contributed by atoms with Gasteiger partial charge in [0.05, 0.1) is 24.4 Å². The normalized spacial score (nSPS) is 20.4. The molecule has 2 aliphatic heterocycles. The molecular weight excluding hydrogens is 552 g/mol. The molecule has 0 radical (unpaired) electrons. The molecule has 4 rings (SSSR count). The number of rotatable bonds is 7. The second kappa shape index (κ2) is 21.2. The van der Waals surface area contributed by atoms with Crippen LogP contribution >= 0.6 is 0 Å². The lowest BCUT2D eigenvalue weighted by Gasteiger charge is -2.32. The van der Waals surface area contributed by atoms with Gasteiger partial charge in [-0.1, -0.05) is 57.9 Å². The highest BCUT2D eigenvalue weighted by molar-refractivity contribution is 6.04. The fourth-order valence-electron chi connectivity index (χ4n) is 5.54. The fraction of sp³-hybridized carbons (Fsp3) is 0.571. The van der Waals surface area contributed by atoms with Crippen LogP contribution in [-0.2, 0) is 9.59 Å². The van der Waals surface area contributed by atoms with Gasteiger partial charge in [-0.3, -0.25) is 9.59 Å². The molecule has 3 aliphatic rings. The van der Waals surface area contributed by atoms with Gasteiger partial charge < -0.3 is 30.5 Å². The molecule has 1 saturated carbocycles. The number of amides is 2. The molecule has 0 bridgehead atoms. The van der Waals surface area contributed by atoms with Gasteiger partial charge >= 0.3 is 0 Å². The number of nitrogens with one attached hydrogen (secondary N) is 1. The van der Waals surface area contributed by atoms with Crippen LogP contribution in [0, 0.1) is 12.8 Å². The van der Waals surface area contributed by atoms with E-state index < -0.39 is 0 Å². The zero-order valence-corrected chi connectivity index (χ0v) is 28.4. The van der Waals surface area contributed by atoms with E-state index in [2.05, 4.69) is 54.9 Å². The van der Waals surface area contributed by atoms with E-state index in [4.69, 9.17) is 14.5 Å². The van der Waals surface area contributed by atoms with Crippen LogP contribution < -0.4 is 15.8 Å². The quantitative estimate of drug-likeness (QED) is 0.276. The predicted octanol–water partition coefficient (Wildman–Crippen LogP) is 6.33. The third kappa shape index (κ3) is 12.2. The zero-order valence-electron chi connectivity index (χ0n) is 28.4. The Labute approximate surface area is 266 Å². The number of likely N-dealkylation sites (N-methyl/N-ethyl adjacent to an activating group) is 1. The summed E-state index contributed by atoms with van der Waals surface area (Å²) in [4.78, 5) is 33.2. The van der Waals surface area contributed by atoms with E-state index in [1.165, 1.54) is 45.2 Å². The number of aliphatic imine (C=N–C) groups is 1. The van der Waals surface area contributed by atoms with E-state index in [0.717, 1.165) is 41.4 Å². The Balaban J connectivity index is 0.000000680. The number of hydrogen-bond acceptors (Lipinski definition) is 6. The highest BCUT2D eigenvalue weighted by atomic mass is 16.5. The van der Waals surface area contributed by atoms with Crippen molar-refractivity contribution in [3.05, 3.63) is 60.6 Å². The minimum atomic E-state index is -0.140. The predicted molar refractivity (Wildman–Crippen MR) is 185 cm³/mol. The highest BCUT2D eigenvalue weighted by Crippen LogP contribution is 2.32. The zero-order chi connectivity index (χ0) is 33.1. The molecule has 2 amide bonds. The molecule has 44 heavy (non-hydrogen) atoms. The van der Waals surface area contributed by atoms with E-state index in [1.54, 1.807) is 12.0 Å². The van der Waals surface area contributed by atoms with Crippen molar-refractivity contribution in [3.63, 3.8) is 0 Å². The van der Waals surface area contributed by atoms with Crippen molar-refractivity contribution in [1.82, 2.24) is 14.7 Å². The average molecular weight is 611 g/mol. The molecule has 9 heteroatoms. The largest absolute Gasteiger partial charge is 0.495 e. The number of nitrogens with two attached hydrogens (primary N) is 1. The lowest BCUT2D eigenvalue weighted by Crippen LogP contribution is -2.42. The first kappa shape index (κ1) is 38.4. The molecule has 1 atom stereocenters. The van der Waals surface area contributed by atoms with Crippen LogP contribution in [0.2, 0.25) is 0 Å². The van der Waals surface area contributed by atoms with Gasteiger partial charge in [-0.2, -0.15) is 0 Å². The number of aryl methyl sites for hydroxylation is 1. The summed E-state index contributed by atoms with van der Waals surface area (Å²) in [7, 11) is 5.66. The van der Waals surface area contributed by atoms with Crippen molar-refractivity contribution < 1.29 is 14.3 Å². The van der Waals surface area contributed by atoms with Gasteiger partial charge in [0.15, 0.2) is 5.84 Å². The number of carbonyl (C=O) groups excluding carboxylic acids is 2. The van der Waals surface area contributed by atoms with Gasteiger partial charge in [-0.05, 0) is 83.8 Å². The lowest BCUT2D eigenvalue weighted by atomic mass is 10.0. The minimum Gasteiger partial charge on any atom is -0.495 e. The van der Waals surface area contributed by atoms with Crippen molar-refractivity contribution in [2.45, 2.75) is 85.1 Å². The van der Waals surface area contributed by atoms with Crippen molar-refractivity contribution >= 4 is 23.8 Å². The van der Waals surface area contributed by atoms with E-state index >= 15 is 0 Å². The molecule has 2 heterocycles. The van der Waals surface area contributed by atoms with Gasteiger partial charge in [0.25, 0.3) is 0 Å². The molecule has 246 valence electrons. The molecule has 1 aliphatic carbocycles. The summed E-state index contributed by atoms with van der Waals surface area (Å²) in [6.45, 7) is 19.6. The number of hydrogen-bond donors (Lipinski definition) is 2. The average Bonchev–Trinajstić information content (AvgIpc) is 3.70. The molecule has 1 aromatic rings. The molecule has 9 nitrogen and oxygen atoms in total. The fourth-order valence-corrected chi connectivity index (χ4v) is 5.54. The number of primary amides is 1. The Bertz CT molecular complexity index is 1100. The van der Waals surface area contributed by atoms with E-state index in [-0.39, 0.29) is 18.2 Å². The van der Waals surface area contributed by atoms with Crippen LogP contribution in [0.4, 0.5) is 5.69 Å². The number of methoxy groups -OCH3 is 1. The Hall–Kier alpha value is -3.59. The number of amidine groups is 1. The van der Waals surface area contributed by atoms with Crippen molar-refractivity contribution in [1.29, 1.82) is 0 Å². The van der Waals surface area contributed by atoms with E-state index in [9.17, 15) is 4.79 Å². The van der Waals surface area contributed by atoms with Gasteiger partial charge in [-0.15, -0.1) is 6.58 Å². The third-order valence-corrected chi connectivity index (χ3v) is 7.66. The highest BCUT2D eigenvalue weighted by Gasteiger charge is 2.37. The maximum absolute atomic E-state index is 13.2. The maximum atomic E-state index is 13.2. The van der Waals surface area contributed by atoms with Crippen LogP contribution in [0.15, 0.2) is 60.0 Å². The van der Waals surface area contributed by atoms with Crippen LogP contribution in [0.25, 0.3) is 0 Å². The van der Waals surface area contributed by atoms with Gasteiger partial charge in [0.2, 0.25) is 12.3 Å². The first-order valence-electron chi connectivity index (χ1n) is 16.0. The van der Waals surface area contributed by atoms with Crippen molar-refractivity contribution in [2.75, 3.05) is 46.2 Å². The number of benzene rings is 1. The summed E-state index contributed by atoms with van der Waals surface area (Å²) in [5, 5.41) is 3.29. The topological polar surface area (TPSA) is 104 Å². The lowest BCUT2D eigenvalue weighted by molar-refractivity contribution is -0.131. The number of allylic oxidation sites excluding steroid dienone is 2. The monoisotopic (exact) mass is 610 g/mol. The van der Waals surface area contributed by atoms with Gasteiger partial charge in [0.1, 0.15) is 11.6 Å². The Morgan fingerprint density at radius 3 is 2.23 bits per heavy atom. The standard InChI is InChI=1S/C26H36N4O2.C5H11N.C3H8.CH3NO/c1-7-11-20-17-30(21-12-9-10-13-21)25(23(8-2)29(5)26(20)31)28-19(4)27-22-15-14-18(3)16-24(22)32-6;1-6-4-2-3-5-6;1-3-2;2-1-3/h7-8,14-16,20-21,27H,1,4,9-13,17H2,2-3,5-6H3;2-5H2,1H3;3H2,1-2H3;1H,(H2,2,3)/b23-8+,28-25+;;;. The number of likely N-dealkylation sites (tertiary alicyclic amines) is 1. The second-order valence-electron chi connectivity index (χ2n) is 11.4. The van der Waals surface area contributed by atoms with Crippen LogP contribution in [0.1, 0.15) is 77.7 Å². The molecule has 3 N–H and O–H groups in total. The summed E-state index contributed by atoms with van der Waals surface area (Å²) >= 11 is 0. The Morgan fingerprint density at radius 2 is 1.75 bits per heavy atom. The number of carbonyl (C=O) groups is 2. The number of ether oxygens (including phenoxy) is 1. The summed E-state index contributed by atoms with van der Waals surface area (Å²) < 4.78 is 5.52. The van der Waals surface area contributed by atoms with Gasteiger partial charge in [-0.25, -0.2) is 4.99 Å². The minimum absolute atomic E-state index is 0.102. The van der Waals surface area contributed by atoms with E-state index in [1.807, 2.05) is 51.2 Å². The Kier molecular flexibility index (Phi) is 18.5. The van der Waals surface area contributed by atoms with Crippen molar-refractivity contribution in [3.8, 4) is 5.75 Å². The second-order valence-corrected chi connectivity index (χ2v) is 11.4. The first-order valence-corrected chi connectivity index (χ1v) is 16.0. The molecule has 1 unspecified atom stereocenters. The SMILES string of the molecule is C=CCC1CN(C2CCCC2)C(=N/C(=C)Nc2ccc(C)cc2OC)/C(=C\C)N(C)C1=O.CCC.CN1CCCC1.NC=O. The van der Waals surface area contributed by atoms with Crippen molar-refractivity contribution in [2.24, 2.45) is 16.6 Å². The molecular formula is C35H58N6O3. The molecule has 2 saturated heterocycles. The summed E-state index contributed by atoms with van der Waals surface area (Å²) in [5.41, 5.74) is 6.90. The van der Waals surface area contributed by atoms with E-state index in [0.29, 0.717) is 24.8 Å². The number of anilines is 1. The summed E-state index contributed by atoms with van der Waals surface area (Å²) in [6, 6.07) is 6.33. The smallest absolute Gasteiger partial charge is 0.232 e. The molecule has 0 aromatic heterocycles.